The van der Waals surface area contributed by atoms with Crippen LogP contribution in [0.5, 0.6) is 0 Å². The molecule has 0 aliphatic rings. The van der Waals surface area contributed by atoms with Crippen LogP contribution < -0.4 is 0 Å². The maximum Gasteiger partial charge on any atom is 0.458 e. The summed E-state index contributed by atoms with van der Waals surface area (Å²) >= 11 is 0. The average molecular weight is 606 g/mol. The Balaban J connectivity index is 7.02. The quantitative estimate of drug-likeness (QED) is 0.178. The molecular formula is C13H3F21O3. The van der Waals surface area contributed by atoms with E-state index in [1.54, 1.807) is 0 Å². The SMILES string of the molecule is C=CC(F)(F)C(F)(F)OC(F)(F)C(F)(OC(F)(F)C(F)(OC(F)(F)C(F)=C(F)F)C(F)(F)F)C(F)(F)F. The van der Waals surface area contributed by atoms with Gasteiger partial charge in [-0.2, -0.15) is 92.2 Å². The molecule has 0 bridgehead atoms. The van der Waals surface area contributed by atoms with Gasteiger partial charge in [0.25, 0.3) is 5.83 Å². The van der Waals surface area contributed by atoms with E-state index >= 15 is 0 Å². The van der Waals surface area contributed by atoms with Crippen molar-refractivity contribution in [2.75, 3.05) is 0 Å². The first kappa shape index (κ1) is 34.9. The van der Waals surface area contributed by atoms with E-state index in [9.17, 15) is 92.2 Å². The third kappa shape index (κ3) is 6.31. The van der Waals surface area contributed by atoms with Crippen LogP contribution >= 0.6 is 0 Å². The summed E-state index contributed by atoms with van der Waals surface area (Å²) in [6, 6.07) is 0. The Labute approximate surface area is 187 Å². The van der Waals surface area contributed by atoms with Crippen molar-refractivity contribution in [1.29, 1.82) is 0 Å². The van der Waals surface area contributed by atoms with E-state index in [2.05, 4.69) is 0 Å². The molecule has 0 aromatic carbocycles. The summed E-state index contributed by atoms with van der Waals surface area (Å²) in [6.07, 6.45) is -52.8. The van der Waals surface area contributed by atoms with Crippen LogP contribution in [0.1, 0.15) is 0 Å². The van der Waals surface area contributed by atoms with Crippen LogP contribution in [0, 0.1) is 0 Å². The van der Waals surface area contributed by atoms with Gasteiger partial charge in [-0.15, -0.1) is 0 Å². The molecule has 0 heterocycles. The lowest BCUT2D eigenvalue weighted by Gasteiger charge is -2.41. The first-order chi connectivity index (χ1) is 15.8. The lowest BCUT2D eigenvalue weighted by Crippen LogP contribution is -2.69. The third-order valence-electron chi connectivity index (χ3n) is 3.34. The minimum atomic E-state index is -8.37. The Morgan fingerprint density at radius 1 is 0.486 bits per heavy atom. The molecule has 0 fully saturated rings. The monoisotopic (exact) mass is 606 g/mol. The van der Waals surface area contributed by atoms with Gasteiger partial charge in [0.15, 0.2) is 0 Å². The molecule has 0 aromatic rings. The van der Waals surface area contributed by atoms with Gasteiger partial charge in [-0.05, 0) is 6.08 Å². The Kier molecular flexibility index (Phi) is 9.03. The van der Waals surface area contributed by atoms with Crippen molar-refractivity contribution in [1.82, 2.24) is 0 Å². The molecule has 24 heteroatoms. The highest BCUT2D eigenvalue weighted by Gasteiger charge is 2.86. The Hall–Kier alpha value is -2.11. The molecule has 0 aliphatic heterocycles. The topological polar surface area (TPSA) is 27.7 Å². The molecule has 0 rings (SSSR count). The molecule has 0 radical (unpaired) electrons. The first-order valence-corrected chi connectivity index (χ1v) is 7.64. The standard InChI is InChI=1S/C13H3F21O3/c1-2-5(17,18)11(29,30)37-13(33,34)8(22,10(26,27)28)36-12(31,32)7(21,9(23,24)25)35-6(19,20)3(14)4(15)16/h2H,1H2. The molecule has 2 atom stereocenters. The molecule has 0 N–H and O–H groups in total. The third-order valence-corrected chi connectivity index (χ3v) is 3.34. The van der Waals surface area contributed by atoms with Crippen molar-refractivity contribution < 1.29 is 106 Å². The van der Waals surface area contributed by atoms with E-state index in [0.717, 1.165) is 0 Å². The Morgan fingerprint density at radius 3 is 1.11 bits per heavy atom. The number of hydrogen-bond acceptors (Lipinski definition) is 3. The van der Waals surface area contributed by atoms with Crippen molar-refractivity contribution in [2.45, 2.75) is 54.4 Å². The van der Waals surface area contributed by atoms with Crippen LogP contribution in [0.25, 0.3) is 0 Å². The zero-order valence-electron chi connectivity index (χ0n) is 15.9. The van der Waals surface area contributed by atoms with Gasteiger partial charge < -0.3 is 0 Å². The maximum absolute atomic E-state index is 13.9. The van der Waals surface area contributed by atoms with Gasteiger partial charge >= 0.3 is 60.5 Å². The van der Waals surface area contributed by atoms with E-state index in [1.165, 1.54) is 14.2 Å². The zero-order chi connectivity index (χ0) is 30.5. The summed E-state index contributed by atoms with van der Waals surface area (Å²) in [7, 11) is 0. The lowest BCUT2D eigenvalue weighted by molar-refractivity contribution is -0.572. The Bertz CT molecular complexity index is 868. The molecule has 220 valence electrons. The van der Waals surface area contributed by atoms with Crippen LogP contribution in [0.3, 0.4) is 0 Å². The second-order valence-electron chi connectivity index (χ2n) is 5.96. The highest BCUT2D eigenvalue weighted by Crippen LogP contribution is 2.57. The van der Waals surface area contributed by atoms with E-state index in [1.807, 2.05) is 6.58 Å². The van der Waals surface area contributed by atoms with E-state index in [-0.39, 0.29) is 0 Å². The molecule has 0 spiro atoms. The lowest BCUT2D eigenvalue weighted by atomic mass is 10.2. The van der Waals surface area contributed by atoms with Crippen molar-refractivity contribution in [3.63, 3.8) is 0 Å². The summed E-state index contributed by atoms with van der Waals surface area (Å²) in [4.78, 5) is 0. The molecule has 0 aliphatic carbocycles. The fourth-order valence-corrected chi connectivity index (χ4v) is 1.55. The summed E-state index contributed by atoms with van der Waals surface area (Å²) in [5, 5.41) is 0. The highest BCUT2D eigenvalue weighted by molar-refractivity contribution is 5.03. The Morgan fingerprint density at radius 2 is 0.811 bits per heavy atom. The molecule has 2 unspecified atom stereocenters. The summed E-state index contributed by atoms with van der Waals surface area (Å²) in [5.41, 5.74) is 0. The van der Waals surface area contributed by atoms with Crippen LogP contribution in [0.4, 0.5) is 92.2 Å². The molecule has 0 amide bonds. The van der Waals surface area contributed by atoms with Crippen molar-refractivity contribution in [3.05, 3.63) is 24.6 Å². The number of alkyl halides is 18. The first-order valence-electron chi connectivity index (χ1n) is 7.64. The predicted octanol–water partition coefficient (Wildman–Crippen LogP) is 7.76. The van der Waals surface area contributed by atoms with Crippen molar-refractivity contribution in [3.8, 4) is 0 Å². The number of hydrogen-bond donors (Lipinski definition) is 0. The van der Waals surface area contributed by atoms with Crippen LogP contribution in [-0.4, -0.2) is 54.4 Å². The molecule has 37 heavy (non-hydrogen) atoms. The largest absolute Gasteiger partial charge is 0.458 e. The molecular weight excluding hydrogens is 603 g/mol. The van der Waals surface area contributed by atoms with E-state index in [0.29, 0.717) is 0 Å². The van der Waals surface area contributed by atoms with Gasteiger partial charge in [-0.1, -0.05) is 6.58 Å². The van der Waals surface area contributed by atoms with Crippen molar-refractivity contribution >= 4 is 0 Å². The van der Waals surface area contributed by atoms with Gasteiger partial charge in [0.2, 0.25) is 0 Å². The summed E-state index contributed by atoms with van der Waals surface area (Å²) in [5.74, 6) is -27.4. The van der Waals surface area contributed by atoms with Crippen LogP contribution in [0.2, 0.25) is 0 Å². The fourth-order valence-electron chi connectivity index (χ4n) is 1.55. The molecule has 0 saturated carbocycles. The maximum atomic E-state index is 13.9. The molecule has 0 aromatic heterocycles. The predicted molar refractivity (Wildman–Crippen MR) is 68.3 cm³/mol. The van der Waals surface area contributed by atoms with Crippen LogP contribution in [0.15, 0.2) is 24.6 Å². The van der Waals surface area contributed by atoms with Gasteiger partial charge in [0, 0.05) is 0 Å². The number of ether oxygens (including phenoxy) is 3. The second-order valence-corrected chi connectivity index (χ2v) is 5.96. The van der Waals surface area contributed by atoms with Gasteiger partial charge in [0.05, 0.1) is 0 Å². The zero-order valence-corrected chi connectivity index (χ0v) is 15.9. The summed E-state index contributed by atoms with van der Waals surface area (Å²) < 4.78 is 276. The molecule has 3 nitrogen and oxygen atoms in total. The number of halogens is 21. The van der Waals surface area contributed by atoms with Gasteiger partial charge in [-0.3, -0.25) is 9.47 Å². The minimum absolute atomic E-state index is 1.24. The van der Waals surface area contributed by atoms with Gasteiger partial charge in [-0.25, -0.2) is 4.74 Å². The summed E-state index contributed by atoms with van der Waals surface area (Å²) in [6.45, 7) is 1.85. The normalized spacial score (nSPS) is 18.2. The fraction of sp³-hybridized carbons (Fsp3) is 0.692. The van der Waals surface area contributed by atoms with E-state index < -0.39 is 72.4 Å². The highest BCUT2D eigenvalue weighted by atomic mass is 19.4. The average Bonchev–Trinajstić information content (AvgIpc) is 2.63. The van der Waals surface area contributed by atoms with Crippen molar-refractivity contribution in [2.24, 2.45) is 0 Å². The molecule has 0 saturated heterocycles. The number of rotatable bonds is 11. The second kappa shape index (κ2) is 9.57. The smallest absolute Gasteiger partial charge is 0.263 e. The van der Waals surface area contributed by atoms with E-state index in [4.69, 9.17) is 0 Å². The van der Waals surface area contributed by atoms with Crippen LogP contribution in [-0.2, 0) is 14.2 Å². The minimum Gasteiger partial charge on any atom is -0.263 e. The van der Waals surface area contributed by atoms with Gasteiger partial charge in [0.1, 0.15) is 0 Å².